The third-order valence-corrected chi connectivity index (χ3v) is 7.34. The van der Waals surface area contributed by atoms with E-state index in [1.165, 1.54) is 12.8 Å². The maximum Gasteiger partial charge on any atom is 0.266 e. The molecule has 0 saturated heterocycles. The van der Waals surface area contributed by atoms with Gasteiger partial charge in [-0.3, -0.25) is 19.0 Å². The van der Waals surface area contributed by atoms with Crippen molar-refractivity contribution in [1.82, 2.24) is 28.9 Å². The van der Waals surface area contributed by atoms with Gasteiger partial charge in [0.05, 0.1) is 28.3 Å². The van der Waals surface area contributed by atoms with E-state index in [2.05, 4.69) is 11.1 Å². The third-order valence-electron chi connectivity index (χ3n) is 7.04. The summed E-state index contributed by atoms with van der Waals surface area (Å²) in [5.41, 5.74) is 3.72. The molecule has 0 unspecified atom stereocenters. The van der Waals surface area contributed by atoms with Gasteiger partial charge in [-0.15, -0.1) is 0 Å². The maximum atomic E-state index is 13.8. The molecule has 0 atom stereocenters. The van der Waals surface area contributed by atoms with E-state index < -0.39 is 0 Å². The second-order valence-corrected chi connectivity index (χ2v) is 10.2. The van der Waals surface area contributed by atoms with Crippen molar-refractivity contribution < 1.29 is 0 Å². The molecule has 4 heterocycles. The highest BCUT2D eigenvalue weighted by Gasteiger charge is 2.27. The smallest absolute Gasteiger partial charge is 0.266 e. The predicted molar refractivity (Wildman–Crippen MR) is 144 cm³/mol. The summed E-state index contributed by atoms with van der Waals surface area (Å²) in [6.07, 6.45) is 5.89. The predicted octanol–water partition coefficient (Wildman–Crippen LogP) is 4.10. The van der Waals surface area contributed by atoms with Crippen molar-refractivity contribution in [3.8, 4) is 17.5 Å². The number of aromatic nitrogens is 6. The maximum absolute atomic E-state index is 13.8. The van der Waals surface area contributed by atoms with Crippen LogP contribution in [0.3, 0.4) is 0 Å². The van der Waals surface area contributed by atoms with E-state index in [0.29, 0.717) is 56.9 Å². The Balaban J connectivity index is 1.59. The Bertz CT molecular complexity index is 1790. The SMILES string of the molecule is CN(CC1CC1)c1nc2nn(Cc3ccnc4c(Cl)cccc34)c(-c3cc(C#N)cn3C)c2c(=O)n1C. The fraction of sp³-hybridized carbons (Fsp3) is 0.296. The number of hydrogen-bond donors (Lipinski definition) is 0. The number of anilines is 1. The molecule has 1 saturated carbocycles. The van der Waals surface area contributed by atoms with Crippen LogP contribution in [0.2, 0.25) is 5.02 Å². The number of rotatable bonds is 6. The first-order valence-corrected chi connectivity index (χ1v) is 12.5. The van der Waals surface area contributed by atoms with Crippen molar-refractivity contribution >= 4 is 39.5 Å². The molecule has 1 aliphatic carbocycles. The van der Waals surface area contributed by atoms with Crippen LogP contribution in [0.1, 0.15) is 24.0 Å². The lowest BCUT2D eigenvalue weighted by Crippen LogP contribution is -2.30. The molecule has 5 aromatic rings. The zero-order valence-electron chi connectivity index (χ0n) is 20.8. The molecule has 1 aromatic carbocycles. The highest BCUT2D eigenvalue weighted by molar-refractivity contribution is 6.35. The van der Waals surface area contributed by atoms with E-state index >= 15 is 0 Å². The van der Waals surface area contributed by atoms with E-state index in [4.69, 9.17) is 21.7 Å². The van der Waals surface area contributed by atoms with Gasteiger partial charge in [0.1, 0.15) is 17.1 Å². The van der Waals surface area contributed by atoms with Crippen molar-refractivity contribution in [1.29, 1.82) is 5.26 Å². The van der Waals surface area contributed by atoms with Crippen LogP contribution in [-0.2, 0) is 20.6 Å². The molecule has 0 amide bonds. The third kappa shape index (κ3) is 3.94. The Morgan fingerprint density at radius 1 is 1.24 bits per heavy atom. The molecule has 0 aliphatic heterocycles. The van der Waals surface area contributed by atoms with Gasteiger partial charge in [0.2, 0.25) is 5.95 Å². The zero-order chi connectivity index (χ0) is 25.8. The first kappa shape index (κ1) is 23.3. The lowest BCUT2D eigenvalue weighted by atomic mass is 10.1. The quantitative estimate of drug-likeness (QED) is 0.340. The van der Waals surface area contributed by atoms with Gasteiger partial charge in [0.25, 0.3) is 5.56 Å². The van der Waals surface area contributed by atoms with E-state index in [1.54, 1.807) is 34.8 Å². The van der Waals surface area contributed by atoms with E-state index in [1.807, 2.05) is 47.8 Å². The molecule has 37 heavy (non-hydrogen) atoms. The van der Waals surface area contributed by atoms with Crippen molar-refractivity contribution in [2.45, 2.75) is 19.4 Å². The van der Waals surface area contributed by atoms with Crippen LogP contribution in [0.25, 0.3) is 33.3 Å². The largest absolute Gasteiger partial charge is 0.348 e. The summed E-state index contributed by atoms with van der Waals surface area (Å²) in [5.74, 6) is 1.23. The molecule has 0 bridgehead atoms. The molecule has 0 radical (unpaired) electrons. The van der Waals surface area contributed by atoms with Crippen LogP contribution in [-0.4, -0.2) is 42.5 Å². The molecule has 186 valence electrons. The number of benzene rings is 1. The van der Waals surface area contributed by atoms with E-state index in [0.717, 1.165) is 17.5 Å². The van der Waals surface area contributed by atoms with Crippen LogP contribution < -0.4 is 10.5 Å². The summed E-state index contributed by atoms with van der Waals surface area (Å²) in [7, 11) is 5.57. The van der Waals surface area contributed by atoms with Gasteiger partial charge in [-0.2, -0.15) is 15.3 Å². The van der Waals surface area contributed by atoms with Crippen LogP contribution in [0.4, 0.5) is 5.95 Å². The van der Waals surface area contributed by atoms with Gasteiger partial charge in [0.15, 0.2) is 5.65 Å². The monoisotopic (exact) mass is 512 g/mol. The number of pyridine rings is 1. The average Bonchev–Trinajstić information content (AvgIpc) is 3.51. The zero-order valence-corrected chi connectivity index (χ0v) is 21.6. The van der Waals surface area contributed by atoms with Crippen molar-refractivity contribution in [2.24, 2.45) is 20.0 Å². The number of nitrogens with zero attached hydrogens (tertiary/aromatic N) is 8. The lowest BCUT2D eigenvalue weighted by Gasteiger charge is -2.20. The first-order chi connectivity index (χ1) is 17.9. The summed E-state index contributed by atoms with van der Waals surface area (Å²) in [4.78, 5) is 25.1. The molecular formula is C27H25ClN8O. The Labute approximate surface area is 218 Å². The normalized spacial score (nSPS) is 13.4. The topological polar surface area (TPSA) is 97.6 Å². The Morgan fingerprint density at radius 2 is 2.05 bits per heavy atom. The van der Waals surface area contributed by atoms with Gasteiger partial charge in [0, 0.05) is 45.5 Å². The molecule has 10 heteroatoms. The molecule has 6 rings (SSSR count). The Hall–Kier alpha value is -4.16. The molecular weight excluding hydrogens is 488 g/mol. The highest BCUT2D eigenvalue weighted by atomic mass is 35.5. The number of nitriles is 1. The summed E-state index contributed by atoms with van der Waals surface area (Å²) in [5, 5.41) is 16.3. The summed E-state index contributed by atoms with van der Waals surface area (Å²) >= 11 is 6.41. The van der Waals surface area contributed by atoms with E-state index in [-0.39, 0.29) is 5.56 Å². The van der Waals surface area contributed by atoms with Crippen molar-refractivity contribution in [3.05, 3.63) is 69.2 Å². The molecule has 1 aliphatic rings. The molecule has 4 aromatic heterocycles. The van der Waals surface area contributed by atoms with Crippen LogP contribution in [0.15, 0.2) is 47.5 Å². The van der Waals surface area contributed by atoms with Gasteiger partial charge in [-0.25, -0.2) is 0 Å². The van der Waals surface area contributed by atoms with Crippen molar-refractivity contribution in [3.63, 3.8) is 0 Å². The number of hydrogen-bond acceptors (Lipinski definition) is 6. The first-order valence-electron chi connectivity index (χ1n) is 12.1. The summed E-state index contributed by atoms with van der Waals surface area (Å²) in [6, 6.07) is 11.6. The minimum absolute atomic E-state index is 0.175. The van der Waals surface area contributed by atoms with Gasteiger partial charge >= 0.3 is 0 Å². The minimum Gasteiger partial charge on any atom is -0.348 e. The minimum atomic E-state index is -0.175. The molecule has 1 fully saturated rings. The highest BCUT2D eigenvalue weighted by Crippen LogP contribution is 2.32. The molecule has 0 spiro atoms. The van der Waals surface area contributed by atoms with Crippen LogP contribution in [0.5, 0.6) is 0 Å². The Kier molecular flexibility index (Phi) is 5.50. The molecule has 9 nitrogen and oxygen atoms in total. The Morgan fingerprint density at radius 3 is 2.78 bits per heavy atom. The number of halogens is 1. The van der Waals surface area contributed by atoms with E-state index in [9.17, 15) is 10.1 Å². The van der Waals surface area contributed by atoms with Crippen LogP contribution >= 0.6 is 11.6 Å². The number of para-hydroxylation sites is 1. The number of aryl methyl sites for hydroxylation is 1. The van der Waals surface area contributed by atoms with Crippen LogP contribution in [0, 0.1) is 17.2 Å². The lowest BCUT2D eigenvalue weighted by molar-refractivity contribution is 0.695. The van der Waals surface area contributed by atoms with Gasteiger partial charge < -0.3 is 9.47 Å². The second kappa shape index (κ2) is 8.75. The van der Waals surface area contributed by atoms with Gasteiger partial charge in [-0.1, -0.05) is 23.7 Å². The standard InChI is InChI=1S/C27H25ClN8O/c1-33-14-17(12-29)11-21(33)24-22-25(31-27(35(3)26(22)37)34(2)13-16-7-8-16)32-36(24)15-18-9-10-30-23-19(18)5-4-6-20(23)28/h4-6,9-11,14,16H,7-8,13,15H2,1-3H3. The number of fused-ring (bicyclic) bond motifs is 2. The summed E-state index contributed by atoms with van der Waals surface area (Å²) < 4.78 is 5.24. The fourth-order valence-electron chi connectivity index (χ4n) is 5.00. The fourth-order valence-corrected chi connectivity index (χ4v) is 5.22. The second-order valence-electron chi connectivity index (χ2n) is 9.75. The van der Waals surface area contributed by atoms with Crippen molar-refractivity contribution in [2.75, 3.05) is 18.5 Å². The summed E-state index contributed by atoms with van der Waals surface area (Å²) in [6.45, 7) is 1.22. The molecule has 0 N–H and O–H groups in total. The average molecular weight is 513 g/mol. The van der Waals surface area contributed by atoms with Gasteiger partial charge in [-0.05, 0) is 42.5 Å².